The van der Waals surface area contributed by atoms with Gasteiger partial charge in [0.1, 0.15) is 0 Å². The molecule has 2 nitrogen and oxygen atoms in total. The predicted octanol–water partition coefficient (Wildman–Crippen LogP) is 4.43. The molecule has 2 rings (SSSR count). The van der Waals surface area contributed by atoms with Crippen LogP contribution in [0.1, 0.15) is 39.5 Å². The number of benzene rings is 2. The van der Waals surface area contributed by atoms with Gasteiger partial charge in [0, 0.05) is 6.61 Å². The summed E-state index contributed by atoms with van der Waals surface area (Å²) in [5, 5.41) is 2.34. The van der Waals surface area contributed by atoms with Gasteiger partial charge in [0.25, 0.3) is 0 Å². The van der Waals surface area contributed by atoms with E-state index in [1.54, 1.807) is 0 Å². The molecule has 0 aromatic heterocycles. The van der Waals surface area contributed by atoms with E-state index >= 15 is 0 Å². The molecule has 3 heteroatoms. The van der Waals surface area contributed by atoms with Crippen molar-refractivity contribution in [1.82, 2.24) is 0 Å². The van der Waals surface area contributed by atoms with E-state index in [1.165, 1.54) is 29.6 Å². The first-order valence-corrected chi connectivity index (χ1v) is 11.1. The van der Waals surface area contributed by atoms with Crippen LogP contribution in [0.25, 0.3) is 0 Å². The van der Waals surface area contributed by atoms with E-state index in [9.17, 15) is 0 Å². The third kappa shape index (κ3) is 5.67. The molecule has 0 aliphatic rings. The molecule has 0 aliphatic heterocycles. The van der Waals surface area contributed by atoms with Crippen molar-refractivity contribution in [3.63, 3.8) is 0 Å². The molecule has 25 heavy (non-hydrogen) atoms. The Morgan fingerprint density at radius 3 is 1.92 bits per heavy atom. The average molecular weight is 355 g/mol. The minimum Gasteiger partial charge on any atom is -0.388 e. The Bertz CT molecular complexity index is 571. The van der Waals surface area contributed by atoms with Gasteiger partial charge in [-0.2, -0.15) is 0 Å². The van der Waals surface area contributed by atoms with Crippen molar-refractivity contribution in [3.8, 4) is 0 Å². The fraction of sp³-hybridized carbons (Fsp3) is 0.364. The van der Waals surface area contributed by atoms with Gasteiger partial charge in [-0.25, -0.2) is 0 Å². The summed E-state index contributed by atoms with van der Waals surface area (Å²) in [5.41, 5.74) is 0. The van der Waals surface area contributed by atoms with Gasteiger partial charge in [-0.05, 0) is 23.7 Å². The van der Waals surface area contributed by atoms with E-state index in [-0.39, 0.29) is 0 Å². The van der Waals surface area contributed by atoms with Crippen LogP contribution in [0.2, 0.25) is 0 Å². The van der Waals surface area contributed by atoms with E-state index < -0.39 is 8.56 Å². The Kier molecular flexibility index (Phi) is 8.67. The highest BCUT2D eigenvalue weighted by atomic mass is 28.4. The number of hydrogen-bond donors (Lipinski definition) is 0. The molecule has 0 N–H and O–H groups in total. The lowest BCUT2D eigenvalue weighted by atomic mass is 10.2. The molecule has 0 aliphatic carbocycles. The molecule has 0 heterocycles. The normalized spacial score (nSPS) is 11.9. The highest BCUT2D eigenvalue weighted by Gasteiger charge is 2.42. The van der Waals surface area contributed by atoms with E-state index in [0.29, 0.717) is 6.61 Å². The monoisotopic (exact) mass is 354 g/mol. The summed E-state index contributed by atoms with van der Waals surface area (Å²) in [6.07, 6.45) is 8.85. The van der Waals surface area contributed by atoms with Crippen LogP contribution in [0, 0.1) is 0 Å². The maximum absolute atomic E-state index is 6.58. The first kappa shape index (κ1) is 19.6. The van der Waals surface area contributed by atoms with E-state index in [1.807, 2.05) is 31.2 Å². The Labute approximate surface area is 153 Å². The fourth-order valence-corrected chi connectivity index (χ4v) is 5.97. The standard InChI is InChI=1S/C22H30O2Si/c1-3-5-7-14-20-24-25(23-19-6-4-2,21-15-10-8-11-16-21)22-17-12-9-13-18-22/h4,6,8-13,15-18H,3,5,7,14,19-20H2,1-2H3/b6-4+. The Morgan fingerprint density at radius 2 is 1.40 bits per heavy atom. The number of unbranched alkanes of at least 4 members (excludes halogenated alkanes) is 3. The van der Waals surface area contributed by atoms with Crippen LogP contribution in [0.4, 0.5) is 0 Å². The predicted molar refractivity (Wildman–Crippen MR) is 109 cm³/mol. The highest BCUT2D eigenvalue weighted by molar-refractivity contribution is 6.92. The molecular formula is C22H30O2Si. The first-order chi connectivity index (χ1) is 12.3. The first-order valence-electron chi connectivity index (χ1n) is 9.33. The van der Waals surface area contributed by atoms with Crippen LogP contribution in [0.15, 0.2) is 72.8 Å². The Balaban J connectivity index is 2.31. The van der Waals surface area contributed by atoms with Crippen LogP contribution >= 0.6 is 0 Å². The molecule has 134 valence electrons. The fourth-order valence-electron chi connectivity index (χ4n) is 2.86. The van der Waals surface area contributed by atoms with Gasteiger partial charge in [0.05, 0.1) is 6.61 Å². The summed E-state index contributed by atoms with van der Waals surface area (Å²) in [6, 6.07) is 20.9. The Hall–Kier alpha value is -1.68. The van der Waals surface area contributed by atoms with Gasteiger partial charge in [0.2, 0.25) is 0 Å². The summed E-state index contributed by atoms with van der Waals surface area (Å²) in [7, 11) is -2.70. The van der Waals surface area contributed by atoms with Gasteiger partial charge < -0.3 is 8.85 Å². The van der Waals surface area contributed by atoms with E-state index in [0.717, 1.165) is 13.0 Å². The minimum absolute atomic E-state index is 0.571. The molecule has 0 saturated carbocycles. The molecule has 0 amide bonds. The molecule has 0 saturated heterocycles. The molecule has 2 aromatic carbocycles. The highest BCUT2D eigenvalue weighted by Crippen LogP contribution is 2.12. The van der Waals surface area contributed by atoms with Gasteiger partial charge in [-0.1, -0.05) is 99.0 Å². The minimum atomic E-state index is -2.70. The molecule has 0 bridgehead atoms. The number of rotatable bonds is 11. The molecule has 0 radical (unpaired) electrons. The second-order valence-electron chi connectivity index (χ2n) is 6.14. The zero-order valence-corrected chi connectivity index (χ0v) is 16.5. The molecule has 0 fully saturated rings. The lowest BCUT2D eigenvalue weighted by Crippen LogP contribution is -2.63. The van der Waals surface area contributed by atoms with Crippen LogP contribution < -0.4 is 10.4 Å². The summed E-state index contributed by atoms with van der Waals surface area (Å²) < 4.78 is 13.1. The molecule has 0 atom stereocenters. The molecular weight excluding hydrogens is 324 g/mol. The lowest BCUT2D eigenvalue weighted by molar-refractivity contribution is 0.203. The zero-order chi connectivity index (χ0) is 17.8. The molecule has 2 aromatic rings. The van der Waals surface area contributed by atoms with Crippen molar-refractivity contribution in [2.75, 3.05) is 13.2 Å². The number of hydrogen-bond acceptors (Lipinski definition) is 2. The van der Waals surface area contributed by atoms with Crippen molar-refractivity contribution in [1.29, 1.82) is 0 Å². The lowest BCUT2D eigenvalue weighted by Gasteiger charge is -2.31. The van der Waals surface area contributed by atoms with Crippen molar-refractivity contribution >= 4 is 18.9 Å². The smallest absolute Gasteiger partial charge is 0.388 e. The average Bonchev–Trinajstić information content (AvgIpc) is 2.68. The Morgan fingerprint density at radius 1 is 0.800 bits per heavy atom. The molecule has 0 spiro atoms. The second kappa shape index (κ2) is 11.0. The van der Waals surface area contributed by atoms with E-state index in [2.05, 4.69) is 55.5 Å². The summed E-state index contributed by atoms with van der Waals surface area (Å²) >= 11 is 0. The third-order valence-corrected chi connectivity index (χ3v) is 7.60. The third-order valence-electron chi connectivity index (χ3n) is 4.23. The maximum atomic E-state index is 6.58. The van der Waals surface area contributed by atoms with E-state index in [4.69, 9.17) is 8.85 Å². The SMILES string of the molecule is C/C=C/CO[Si](OCCCCCC)(c1ccccc1)c1ccccc1. The van der Waals surface area contributed by atoms with Crippen molar-refractivity contribution in [2.45, 2.75) is 39.5 Å². The van der Waals surface area contributed by atoms with Crippen LogP contribution in [-0.2, 0) is 8.85 Å². The van der Waals surface area contributed by atoms with Gasteiger partial charge in [-0.3, -0.25) is 0 Å². The van der Waals surface area contributed by atoms with Gasteiger partial charge in [-0.15, -0.1) is 0 Å². The quantitative estimate of drug-likeness (QED) is 0.337. The van der Waals surface area contributed by atoms with Crippen LogP contribution in [0.3, 0.4) is 0 Å². The summed E-state index contributed by atoms with van der Waals surface area (Å²) in [4.78, 5) is 0. The van der Waals surface area contributed by atoms with Crippen LogP contribution in [-0.4, -0.2) is 21.8 Å². The van der Waals surface area contributed by atoms with Crippen molar-refractivity contribution < 1.29 is 8.85 Å². The topological polar surface area (TPSA) is 18.5 Å². The van der Waals surface area contributed by atoms with Gasteiger partial charge in [0.15, 0.2) is 0 Å². The maximum Gasteiger partial charge on any atom is 0.407 e. The summed E-state index contributed by atoms with van der Waals surface area (Å²) in [5.74, 6) is 0. The number of allylic oxidation sites excluding steroid dienone is 1. The van der Waals surface area contributed by atoms with Crippen molar-refractivity contribution in [2.24, 2.45) is 0 Å². The van der Waals surface area contributed by atoms with Gasteiger partial charge >= 0.3 is 8.56 Å². The van der Waals surface area contributed by atoms with Crippen molar-refractivity contribution in [3.05, 3.63) is 72.8 Å². The summed E-state index contributed by atoms with van der Waals surface area (Å²) in [6.45, 7) is 5.56. The van der Waals surface area contributed by atoms with Crippen LogP contribution in [0.5, 0.6) is 0 Å². The largest absolute Gasteiger partial charge is 0.407 e. The zero-order valence-electron chi connectivity index (χ0n) is 15.5. The second-order valence-corrected chi connectivity index (χ2v) is 9.10. The molecule has 0 unspecified atom stereocenters.